The van der Waals surface area contributed by atoms with Crippen molar-refractivity contribution in [1.82, 2.24) is 24.8 Å². The number of benzene rings is 1. The molecule has 1 aromatic carbocycles. The Labute approximate surface area is 197 Å². The minimum Gasteiger partial charge on any atom is -0.453 e. The Morgan fingerprint density at radius 1 is 1.20 bits per heavy atom. The highest BCUT2D eigenvalue weighted by molar-refractivity contribution is 6.04. The van der Waals surface area contributed by atoms with Gasteiger partial charge in [0.2, 0.25) is 5.82 Å². The number of carbonyl (C=O) groups is 2. The van der Waals surface area contributed by atoms with Crippen LogP contribution in [0.2, 0.25) is 0 Å². The topological polar surface area (TPSA) is 124 Å². The molecular formula is C23H20F2N6O4. The number of imidazole rings is 1. The number of nitrogens with one attached hydrogen (secondary N) is 2. The number of alkyl carbamates (subject to hydrolysis) is 1. The van der Waals surface area contributed by atoms with Gasteiger partial charge in [0.1, 0.15) is 16.9 Å². The Morgan fingerprint density at radius 3 is 2.74 bits per heavy atom. The normalized spacial score (nSPS) is 15.9. The molecule has 10 nitrogen and oxygen atoms in total. The van der Waals surface area contributed by atoms with Crippen LogP contribution in [0.15, 0.2) is 53.3 Å². The number of methoxy groups -OCH3 is 1. The van der Waals surface area contributed by atoms with Crippen molar-refractivity contribution in [2.24, 2.45) is 0 Å². The van der Waals surface area contributed by atoms with Crippen LogP contribution in [0.1, 0.15) is 34.8 Å². The van der Waals surface area contributed by atoms with Gasteiger partial charge in [-0.3, -0.25) is 9.20 Å². The van der Waals surface area contributed by atoms with Crippen LogP contribution < -0.4 is 10.6 Å². The van der Waals surface area contributed by atoms with Crippen molar-refractivity contribution in [3.05, 3.63) is 65.9 Å². The van der Waals surface area contributed by atoms with Crippen LogP contribution in [0.5, 0.6) is 0 Å². The molecule has 1 aliphatic rings. The predicted molar refractivity (Wildman–Crippen MR) is 119 cm³/mol. The van der Waals surface area contributed by atoms with Crippen LogP contribution in [0, 0.1) is 6.92 Å². The minimum absolute atomic E-state index is 0.117. The van der Waals surface area contributed by atoms with Crippen molar-refractivity contribution in [2.45, 2.75) is 31.2 Å². The molecular weight excluding hydrogens is 462 g/mol. The Hall–Kier alpha value is -4.35. The molecule has 0 saturated heterocycles. The molecule has 12 heteroatoms. The number of anilines is 1. The number of hydrogen-bond donors (Lipinski definition) is 2. The highest BCUT2D eigenvalue weighted by Gasteiger charge is 2.61. The van der Waals surface area contributed by atoms with E-state index in [0.717, 1.165) is 12.7 Å². The summed E-state index contributed by atoms with van der Waals surface area (Å²) in [5.41, 5.74) is 1.24. The van der Waals surface area contributed by atoms with Crippen LogP contribution >= 0.6 is 0 Å². The summed E-state index contributed by atoms with van der Waals surface area (Å²) in [5, 5.41) is 9.16. The van der Waals surface area contributed by atoms with E-state index in [9.17, 15) is 18.4 Å². The lowest BCUT2D eigenvalue weighted by Crippen LogP contribution is -2.60. The third-order valence-electron chi connectivity index (χ3n) is 5.88. The van der Waals surface area contributed by atoms with Gasteiger partial charge in [0, 0.05) is 30.3 Å². The van der Waals surface area contributed by atoms with Crippen LogP contribution in [0.25, 0.3) is 17.0 Å². The SMILES string of the molecule is COC(=O)NC1(c2nc(-c3ccc(C)c(NC(=O)c4cnc5ccccn45)c3)no2)CC(F)(F)C1. The van der Waals surface area contributed by atoms with Crippen LogP contribution in [0.3, 0.4) is 0 Å². The molecule has 3 aromatic heterocycles. The average molecular weight is 482 g/mol. The van der Waals surface area contributed by atoms with E-state index in [1.165, 1.54) is 6.20 Å². The Balaban J connectivity index is 1.41. The van der Waals surface area contributed by atoms with Crippen molar-refractivity contribution < 1.29 is 27.6 Å². The van der Waals surface area contributed by atoms with Gasteiger partial charge in [-0.05, 0) is 30.7 Å². The van der Waals surface area contributed by atoms with Gasteiger partial charge in [0.15, 0.2) is 0 Å². The van der Waals surface area contributed by atoms with Crippen LogP contribution in [-0.4, -0.2) is 44.6 Å². The van der Waals surface area contributed by atoms with Crippen molar-refractivity contribution in [3.8, 4) is 11.4 Å². The number of nitrogens with zero attached hydrogens (tertiary/aromatic N) is 4. The zero-order chi connectivity index (χ0) is 24.8. The van der Waals surface area contributed by atoms with E-state index in [1.807, 2.05) is 13.0 Å². The minimum atomic E-state index is -2.98. The lowest BCUT2D eigenvalue weighted by molar-refractivity contribution is -0.143. The van der Waals surface area contributed by atoms with E-state index in [2.05, 4.69) is 30.5 Å². The smallest absolute Gasteiger partial charge is 0.407 e. The van der Waals surface area contributed by atoms with Crippen molar-refractivity contribution in [2.75, 3.05) is 12.4 Å². The van der Waals surface area contributed by atoms with E-state index < -0.39 is 30.4 Å². The molecule has 5 rings (SSSR count). The highest BCUT2D eigenvalue weighted by Crippen LogP contribution is 2.51. The maximum atomic E-state index is 13.7. The van der Waals surface area contributed by atoms with E-state index in [1.54, 1.807) is 40.9 Å². The summed E-state index contributed by atoms with van der Waals surface area (Å²) in [4.78, 5) is 33.1. The van der Waals surface area contributed by atoms with E-state index >= 15 is 0 Å². The van der Waals surface area contributed by atoms with Gasteiger partial charge in [-0.25, -0.2) is 18.6 Å². The van der Waals surface area contributed by atoms with E-state index in [0.29, 0.717) is 22.6 Å². The fourth-order valence-electron chi connectivity index (χ4n) is 4.09. The summed E-state index contributed by atoms with van der Waals surface area (Å²) in [6.45, 7) is 1.82. The highest BCUT2D eigenvalue weighted by atomic mass is 19.3. The molecule has 3 heterocycles. The predicted octanol–water partition coefficient (Wildman–Crippen LogP) is 3.93. The summed E-state index contributed by atoms with van der Waals surface area (Å²) < 4.78 is 38.9. The molecule has 1 saturated carbocycles. The van der Waals surface area contributed by atoms with E-state index in [-0.39, 0.29) is 17.6 Å². The van der Waals surface area contributed by atoms with Gasteiger partial charge in [-0.1, -0.05) is 23.4 Å². The summed E-state index contributed by atoms with van der Waals surface area (Å²) in [6.07, 6.45) is 0.963. The molecule has 0 atom stereocenters. The van der Waals surface area contributed by atoms with Gasteiger partial charge < -0.3 is 19.9 Å². The van der Waals surface area contributed by atoms with Crippen molar-refractivity contribution in [1.29, 1.82) is 0 Å². The molecule has 1 fully saturated rings. The number of aryl methyl sites for hydroxylation is 1. The molecule has 2 amide bonds. The second-order valence-electron chi connectivity index (χ2n) is 8.39. The number of alkyl halides is 2. The van der Waals surface area contributed by atoms with Gasteiger partial charge in [-0.15, -0.1) is 0 Å². The zero-order valence-corrected chi connectivity index (χ0v) is 18.7. The number of fused-ring (bicyclic) bond motifs is 1. The largest absolute Gasteiger partial charge is 0.453 e. The Morgan fingerprint density at radius 2 is 2.00 bits per heavy atom. The van der Waals surface area contributed by atoms with Gasteiger partial charge in [-0.2, -0.15) is 4.98 Å². The number of carbonyl (C=O) groups excluding carboxylic acids is 2. The summed E-state index contributed by atoms with van der Waals surface area (Å²) in [5.74, 6) is -3.38. The molecule has 1 aliphatic carbocycles. The molecule has 35 heavy (non-hydrogen) atoms. The first-order valence-corrected chi connectivity index (χ1v) is 10.6. The maximum absolute atomic E-state index is 13.7. The van der Waals surface area contributed by atoms with Gasteiger partial charge in [0.25, 0.3) is 17.7 Å². The fraction of sp³-hybridized carbons (Fsp3) is 0.261. The molecule has 0 aliphatic heterocycles. The second-order valence-corrected chi connectivity index (χ2v) is 8.39. The summed E-state index contributed by atoms with van der Waals surface area (Å²) in [6, 6.07) is 10.5. The number of pyridine rings is 1. The fourth-order valence-corrected chi connectivity index (χ4v) is 4.09. The van der Waals surface area contributed by atoms with Crippen LogP contribution in [0.4, 0.5) is 19.3 Å². The first-order valence-electron chi connectivity index (χ1n) is 10.6. The molecule has 0 radical (unpaired) electrons. The van der Waals surface area contributed by atoms with Gasteiger partial charge in [0.05, 0.1) is 13.3 Å². The third kappa shape index (κ3) is 4.07. The molecule has 180 valence electrons. The summed E-state index contributed by atoms with van der Waals surface area (Å²) >= 11 is 0. The molecule has 0 unspecified atom stereocenters. The number of ether oxygens (including phenoxy) is 1. The zero-order valence-electron chi connectivity index (χ0n) is 18.7. The van der Waals surface area contributed by atoms with Crippen molar-refractivity contribution >= 4 is 23.3 Å². The quantitative estimate of drug-likeness (QED) is 0.442. The summed E-state index contributed by atoms with van der Waals surface area (Å²) in [7, 11) is 1.13. The Kier molecular flexibility index (Phi) is 5.23. The maximum Gasteiger partial charge on any atom is 0.407 e. The average Bonchev–Trinajstić information content (AvgIpc) is 3.47. The molecule has 0 bridgehead atoms. The monoisotopic (exact) mass is 482 g/mol. The number of aromatic nitrogens is 4. The lowest BCUT2D eigenvalue weighted by atomic mass is 9.73. The molecule has 0 spiro atoms. The number of hydrogen-bond acceptors (Lipinski definition) is 7. The molecule has 2 N–H and O–H groups in total. The number of amides is 2. The number of halogens is 2. The lowest BCUT2D eigenvalue weighted by Gasteiger charge is -2.44. The first-order chi connectivity index (χ1) is 16.7. The standard InChI is InChI=1S/C23H20F2N6O4/c1-13-6-7-14(9-15(13)27-19(32)16-10-26-17-5-3-4-8-31(16)17)18-28-20(35-30-18)22(29-21(33)34-2)11-23(24,25)12-22/h3-10H,11-12H2,1-2H3,(H,27,32)(H,29,33). The van der Waals surface area contributed by atoms with Gasteiger partial charge >= 0.3 is 6.09 Å². The first kappa shape index (κ1) is 22.4. The molecule has 4 aromatic rings. The number of rotatable bonds is 5. The Bertz CT molecular complexity index is 1440. The third-order valence-corrected chi connectivity index (χ3v) is 5.88. The van der Waals surface area contributed by atoms with E-state index in [4.69, 9.17) is 4.52 Å². The van der Waals surface area contributed by atoms with Crippen molar-refractivity contribution in [3.63, 3.8) is 0 Å². The second kappa shape index (κ2) is 8.15. The van der Waals surface area contributed by atoms with Crippen LogP contribution in [-0.2, 0) is 10.3 Å².